The number of ether oxygens (including phenoxy) is 2. The van der Waals surface area contributed by atoms with E-state index in [1.165, 1.54) is 0 Å². The van der Waals surface area contributed by atoms with Crippen LogP contribution >= 0.6 is 0 Å². The summed E-state index contributed by atoms with van der Waals surface area (Å²) < 4.78 is 11.5. The summed E-state index contributed by atoms with van der Waals surface area (Å²) in [6.45, 7) is 9.54. The van der Waals surface area contributed by atoms with Crippen LogP contribution in [-0.4, -0.2) is 30.5 Å². The Labute approximate surface area is 177 Å². The summed E-state index contributed by atoms with van der Waals surface area (Å²) >= 11 is 0. The average Bonchev–Trinajstić information content (AvgIpc) is 2.64. The van der Waals surface area contributed by atoms with E-state index in [1.807, 2.05) is 18.2 Å². The van der Waals surface area contributed by atoms with Crippen LogP contribution in [0.3, 0.4) is 0 Å². The van der Waals surface area contributed by atoms with E-state index < -0.39 is 0 Å². The van der Waals surface area contributed by atoms with Gasteiger partial charge in [0.15, 0.2) is 17.3 Å². The lowest BCUT2D eigenvalue weighted by atomic mass is 9.60. The van der Waals surface area contributed by atoms with Crippen LogP contribution in [-0.2, 0) is 9.59 Å². The highest BCUT2D eigenvalue weighted by molar-refractivity contribution is 6.13. The molecule has 5 nitrogen and oxygen atoms in total. The molecule has 5 heteroatoms. The fourth-order valence-corrected chi connectivity index (χ4v) is 5.62. The van der Waals surface area contributed by atoms with Gasteiger partial charge in [-0.1, -0.05) is 33.8 Å². The number of benzene rings is 1. The molecule has 1 saturated carbocycles. The van der Waals surface area contributed by atoms with Gasteiger partial charge in [-0.05, 0) is 41.4 Å². The van der Waals surface area contributed by atoms with Crippen molar-refractivity contribution < 1.29 is 19.1 Å². The third-order valence-corrected chi connectivity index (χ3v) is 6.76. The minimum Gasteiger partial charge on any atom is -0.486 e. The van der Waals surface area contributed by atoms with Gasteiger partial charge in [-0.25, -0.2) is 0 Å². The van der Waals surface area contributed by atoms with E-state index in [9.17, 15) is 9.59 Å². The molecular weight excluding hydrogens is 378 g/mol. The molecule has 0 bridgehead atoms. The van der Waals surface area contributed by atoms with Crippen molar-refractivity contribution in [2.45, 2.75) is 59.3 Å². The molecule has 1 aromatic rings. The standard InChI is InChI=1S/C25H29NO4/c1-24(2)10-15-22(17(27)12-24)21(14-5-6-19-20(9-14)30-8-7-29-19)23-16(26-15)11-25(3,4)13-18(23)28/h5-6,9,21-22H,7-8,10-13H2,1-4H3. The van der Waals surface area contributed by atoms with Crippen LogP contribution in [0.1, 0.15) is 64.9 Å². The zero-order chi connectivity index (χ0) is 21.3. The molecular formula is C25H29NO4. The number of rotatable bonds is 1. The molecule has 0 amide bonds. The smallest absolute Gasteiger partial charge is 0.161 e. The molecule has 0 saturated heterocycles. The Morgan fingerprint density at radius 1 is 0.867 bits per heavy atom. The number of carbonyl (C=O) groups is 2. The Morgan fingerprint density at radius 2 is 1.57 bits per heavy atom. The molecule has 30 heavy (non-hydrogen) atoms. The summed E-state index contributed by atoms with van der Waals surface area (Å²) in [5, 5.41) is 0. The van der Waals surface area contributed by atoms with E-state index in [2.05, 4.69) is 27.7 Å². The number of ketones is 2. The summed E-state index contributed by atoms with van der Waals surface area (Å²) in [6.07, 6.45) is 2.56. The van der Waals surface area contributed by atoms with E-state index in [-0.39, 0.29) is 34.2 Å². The molecule has 0 aromatic heterocycles. The molecule has 2 aliphatic heterocycles. The number of Topliss-reactive ketones (excluding diaryl/α,β-unsaturated/α-hetero) is 2. The first-order valence-electron chi connectivity index (χ1n) is 10.9. The van der Waals surface area contributed by atoms with Gasteiger partial charge in [0.25, 0.3) is 0 Å². The minimum atomic E-state index is -0.357. The molecule has 0 spiro atoms. The van der Waals surface area contributed by atoms with Crippen molar-refractivity contribution in [3.8, 4) is 11.5 Å². The number of aliphatic imine (C=N–C) groups is 1. The van der Waals surface area contributed by atoms with Crippen LogP contribution in [0.4, 0.5) is 0 Å². The average molecular weight is 408 g/mol. The van der Waals surface area contributed by atoms with Gasteiger partial charge in [0, 0.05) is 35.7 Å². The normalized spacial score (nSPS) is 29.1. The van der Waals surface area contributed by atoms with Gasteiger partial charge >= 0.3 is 0 Å². The molecule has 4 aliphatic rings. The van der Waals surface area contributed by atoms with Gasteiger partial charge in [0.1, 0.15) is 19.0 Å². The van der Waals surface area contributed by atoms with Gasteiger partial charge in [0.05, 0.1) is 5.92 Å². The predicted molar refractivity (Wildman–Crippen MR) is 114 cm³/mol. The highest BCUT2D eigenvalue weighted by atomic mass is 16.6. The van der Waals surface area contributed by atoms with Crippen molar-refractivity contribution in [2.75, 3.05) is 13.2 Å². The maximum Gasteiger partial charge on any atom is 0.161 e. The summed E-state index contributed by atoms with van der Waals surface area (Å²) in [4.78, 5) is 31.7. The number of hydrogen-bond donors (Lipinski definition) is 0. The maximum atomic E-state index is 13.4. The first-order chi connectivity index (χ1) is 14.1. The zero-order valence-electron chi connectivity index (χ0n) is 18.2. The molecule has 2 atom stereocenters. The third-order valence-electron chi connectivity index (χ3n) is 6.76. The van der Waals surface area contributed by atoms with E-state index in [0.717, 1.165) is 41.1 Å². The number of nitrogens with zero attached hydrogens (tertiary/aromatic N) is 1. The van der Waals surface area contributed by atoms with Crippen molar-refractivity contribution in [1.82, 2.24) is 0 Å². The molecule has 2 heterocycles. The van der Waals surface area contributed by atoms with E-state index in [4.69, 9.17) is 14.5 Å². The van der Waals surface area contributed by atoms with Crippen molar-refractivity contribution in [2.24, 2.45) is 21.7 Å². The highest BCUT2D eigenvalue weighted by Crippen LogP contribution is 2.52. The van der Waals surface area contributed by atoms with Crippen LogP contribution in [0.25, 0.3) is 0 Å². The Kier molecular flexibility index (Phi) is 4.25. The molecule has 1 aromatic carbocycles. The van der Waals surface area contributed by atoms with Crippen LogP contribution in [0.15, 0.2) is 34.5 Å². The monoisotopic (exact) mass is 407 g/mol. The van der Waals surface area contributed by atoms with Crippen LogP contribution in [0.5, 0.6) is 11.5 Å². The van der Waals surface area contributed by atoms with Crippen LogP contribution in [0.2, 0.25) is 0 Å². The summed E-state index contributed by atoms with van der Waals surface area (Å²) in [6, 6.07) is 5.86. The maximum absolute atomic E-state index is 13.4. The second-order valence-corrected chi connectivity index (χ2v) is 10.7. The number of carbonyl (C=O) groups excluding carboxylic acids is 2. The summed E-state index contributed by atoms with van der Waals surface area (Å²) in [5.41, 5.74) is 3.31. The van der Waals surface area contributed by atoms with Crippen molar-refractivity contribution >= 4 is 17.3 Å². The van der Waals surface area contributed by atoms with Gasteiger partial charge in [0.2, 0.25) is 0 Å². The van der Waals surface area contributed by atoms with Crippen LogP contribution < -0.4 is 9.47 Å². The zero-order valence-corrected chi connectivity index (χ0v) is 18.2. The van der Waals surface area contributed by atoms with E-state index >= 15 is 0 Å². The summed E-state index contributed by atoms with van der Waals surface area (Å²) in [5.74, 6) is 1.09. The third kappa shape index (κ3) is 3.19. The Morgan fingerprint density at radius 3 is 2.33 bits per heavy atom. The molecule has 1 fully saturated rings. The highest BCUT2D eigenvalue weighted by Gasteiger charge is 2.49. The largest absolute Gasteiger partial charge is 0.486 e. The SMILES string of the molecule is CC1(C)CC(=O)C2C(=NC3=C(C(=O)CC(C)(C)C3)C2c2ccc3c(c2)OCCO3)C1. The fourth-order valence-electron chi connectivity index (χ4n) is 5.62. The summed E-state index contributed by atoms with van der Waals surface area (Å²) in [7, 11) is 0. The number of fused-ring (bicyclic) bond motifs is 2. The lowest BCUT2D eigenvalue weighted by molar-refractivity contribution is -0.124. The lowest BCUT2D eigenvalue weighted by Gasteiger charge is -2.44. The van der Waals surface area contributed by atoms with Gasteiger partial charge in [-0.15, -0.1) is 0 Å². The second kappa shape index (κ2) is 6.53. The first kappa shape index (κ1) is 19.5. The Balaban J connectivity index is 1.67. The molecule has 0 radical (unpaired) electrons. The Hall–Kier alpha value is -2.43. The van der Waals surface area contributed by atoms with Crippen molar-refractivity contribution in [1.29, 1.82) is 0 Å². The van der Waals surface area contributed by atoms with E-state index in [1.54, 1.807) is 0 Å². The lowest BCUT2D eigenvalue weighted by Crippen LogP contribution is -2.45. The second-order valence-electron chi connectivity index (χ2n) is 10.7. The topological polar surface area (TPSA) is 65.0 Å². The van der Waals surface area contributed by atoms with Crippen molar-refractivity contribution in [3.63, 3.8) is 0 Å². The quantitative estimate of drug-likeness (QED) is 0.680. The van der Waals surface area contributed by atoms with Gasteiger partial charge in [-0.3, -0.25) is 14.6 Å². The van der Waals surface area contributed by atoms with E-state index in [0.29, 0.717) is 31.8 Å². The molecule has 2 unspecified atom stereocenters. The Bertz CT molecular complexity index is 1010. The number of hydrogen-bond acceptors (Lipinski definition) is 5. The molecule has 0 N–H and O–H groups in total. The van der Waals surface area contributed by atoms with Crippen LogP contribution in [0, 0.1) is 16.7 Å². The minimum absolute atomic E-state index is 0.101. The predicted octanol–water partition coefficient (Wildman–Crippen LogP) is 4.64. The number of allylic oxidation sites excluding steroid dienone is 2. The van der Waals surface area contributed by atoms with Crippen molar-refractivity contribution in [3.05, 3.63) is 35.0 Å². The fraction of sp³-hybridized carbons (Fsp3) is 0.560. The van der Waals surface area contributed by atoms with Gasteiger partial charge < -0.3 is 9.47 Å². The van der Waals surface area contributed by atoms with Gasteiger partial charge in [-0.2, -0.15) is 0 Å². The molecule has 158 valence electrons. The molecule has 2 aliphatic carbocycles. The molecule has 5 rings (SSSR count). The first-order valence-corrected chi connectivity index (χ1v) is 10.9.